The summed E-state index contributed by atoms with van der Waals surface area (Å²) in [6.45, 7) is 0.603. The fraction of sp³-hybridized carbons (Fsp3) is 0.312. The van der Waals surface area contributed by atoms with Crippen molar-refractivity contribution >= 4 is 11.4 Å². The van der Waals surface area contributed by atoms with Crippen LogP contribution in [-0.4, -0.2) is 32.8 Å². The molecule has 4 nitrogen and oxygen atoms in total. The normalized spacial score (nSPS) is 11.9. The SMILES string of the molecule is COCC(Nc1cnccc1N(C)C)c1ccccc1. The van der Waals surface area contributed by atoms with Gasteiger partial charge in [0.2, 0.25) is 0 Å². The Morgan fingerprint density at radius 1 is 1.20 bits per heavy atom. The van der Waals surface area contributed by atoms with Gasteiger partial charge in [-0.1, -0.05) is 30.3 Å². The highest BCUT2D eigenvalue weighted by atomic mass is 16.5. The molecule has 2 aromatic rings. The van der Waals surface area contributed by atoms with E-state index >= 15 is 0 Å². The van der Waals surface area contributed by atoms with Crippen molar-refractivity contribution in [2.24, 2.45) is 0 Å². The van der Waals surface area contributed by atoms with E-state index < -0.39 is 0 Å². The summed E-state index contributed by atoms with van der Waals surface area (Å²) in [4.78, 5) is 6.27. The van der Waals surface area contributed by atoms with Crippen molar-refractivity contribution in [1.82, 2.24) is 4.98 Å². The second-order valence-corrected chi connectivity index (χ2v) is 4.85. The van der Waals surface area contributed by atoms with E-state index in [1.54, 1.807) is 13.3 Å². The molecule has 0 aliphatic heterocycles. The van der Waals surface area contributed by atoms with Crippen LogP contribution in [0.15, 0.2) is 48.8 Å². The smallest absolute Gasteiger partial charge is 0.0769 e. The van der Waals surface area contributed by atoms with E-state index in [2.05, 4.69) is 27.3 Å². The Morgan fingerprint density at radius 3 is 2.60 bits per heavy atom. The lowest BCUT2D eigenvalue weighted by molar-refractivity contribution is 0.186. The first kappa shape index (κ1) is 14.3. The van der Waals surface area contributed by atoms with Crippen molar-refractivity contribution in [2.45, 2.75) is 6.04 Å². The van der Waals surface area contributed by atoms with Gasteiger partial charge < -0.3 is 15.0 Å². The van der Waals surface area contributed by atoms with E-state index in [1.807, 2.05) is 44.6 Å². The molecule has 0 bridgehead atoms. The maximum Gasteiger partial charge on any atom is 0.0769 e. The van der Waals surface area contributed by atoms with Crippen LogP contribution in [0.3, 0.4) is 0 Å². The minimum absolute atomic E-state index is 0.101. The standard InChI is InChI=1S/C16H21N3O/c1-19(2)16-9-10-17-11-14(16)18-15(12-20-3)13-7-5-4-6-8-13/h4-11,15,18H,12H2,1-3H3. The van der Waals surface area contributed by atoms with Crippen molar-refractivity contribution in [3.8, 4) is 0 Å². The van der Waals surface area contributed by atoms with Gasteiger partial charge in [0.1, 0.15) is 0 Å². The Hall–Kier alpha value is -2.07. The second-order valence-electron chi connectivity index (χ2n) is 4.85. The molecule has 1 atom stereocenters. The molecule has 2 rings (SSSR count). The molecule has 0 spiro atoms. The number of nitrogens with one attached hydrogen (secondary N) is 1. The third-order valence-electron chi connectivity index (χ3n) is 3.14. The summed E-state index contributed by atoms with van der Waals surface area (Å²) in [5.74, 6) is 0. The zero-order chi connectivity index (χ0) is 14.4. The van der Waals surface area contributed by atoms with Gasteiger partial charge in [-0.05, 0) is 11.6 Å². The van der Waals surface area contributed by atoms with Crippen molar-refractivity contribution in [2.75, 3.05) is 38.0 Å². The molecule has 0 saturated heterocycles. The molecule has 106 valence electrons. The number of pyridine rings is 1. The lowest BCUT2D eigenvalue weighted by atomic mass is 10.1. The van der Waals surface area contributed by atoms with E-state index in [-0.39, 0.29) is 6.04 Å². The molecular formula is C16H21N3O. The predicted octanol–water partition coefficient (Wildman–Crippen LogP) is 2.95. The molecule has 0 aliphatic rings. The van der Waals surface area contributed by atoms with Crippen LogP contribution in [0.2, 0.25) is 0 Å². The highest BCUT2D eigenvalue weighted by Gasteiger charge is 2.13. The summed E-state index contributed by atoms with van der Waals surface area (Å²) in [6, 6.07) is 12.4. The first-order valence-electron chi connectivity index (χ1n) is 6.64. The van der Waals surface area contributed by atoms with Crippen LogP contribution in [0.1, 0.15) is 11.6 Å². The van der Waals surface area contributed by atoms with Crippen molar-refractivity contribution < 1.29 is 4.74 Å². The molecule has 0 radical (unpaired) electrons. The summed E-state index contributed by atoms with van der Waals surface area (Å²) in [6.07, 6.45) is 3.65. The zero-order valence-corrected chi connectivity index (χ0v) is 12.2. The number of hydrogen-bond acceptors (Lipinski definition) is 4. The number of anilines is 2. The van der Waals surface area contributed by atoms with Gasteiger partial charge in [-0.2, -0.15) is 0 Å². The number of nitrogens with zero attached hydrogens (tertiary/aromatic N) is 2. The molecule has 1 N–H and O–H groups in total. The zero-order valence-electron chi connectivity index (χ0n) is 12.2. The monoisotopic (exact) mass is 271 g/mol. The Bertz CT molecular complexity index is 528. The fourth-order valence-corrected chi connectivity index (χ4v) is 2.15. The molecule has 0 amide bonds. The first-order chi connectivity index (χ1) is 9.72. The van der Waals surface area contributed by atoms with Gasteiger partial charge >= 0.3 is 0 Å². The number of methoxy groups -OCH3 is 1. The van der Waals surface area contributed by atoms with E-state index in [1.165, 1.54) is 5.56 Å². The molecule has 0 aliphatic carbocycles. The van der Waals surface area contributed by atoms with Crippen LogP contribution in [0.5, 0.6) is 0 Å². The largest absolute Gasteiger partial charge is 0.382 e. The molecule has 1 unspecified atom stereocenters. The van der Waals surface area contributed by atoms with Gasteiger partial charge in [0.15, 0.2) is 0 Å². The summed E-state index contributed by atoms with van der Waals surface area (Å²) < 4.78 is 5.33. The second kappa shape index (κ2) is 6.91. The van der Waals surface area contributed by atoms with Crippen LogP contribution in [-0.2, 0) is 4.74 Å². The van der Waals surface area contributed by atoms with Gasteiger partial charge in [-0.25, -0.2) is 0 Å². The summed E-state index contributed by atoms with van der Waals surface area (Å²) in [5.41, 5.74) is 3.31. The molecule has 1 aromatic carbocycles. The number of rotatable bonds is 6. The molecule has 1 heterocycles. The number of aromatic nitrogens is 1. The Kier molecular flexibility index (Phi) is 4.96. The lowest BCUT2D eigenvalue weighted by Crippen LogP contribution is -2.19. The van der Waals surface area contributed by atoms with Gasteiger partial charge in [-0.3, -0.25) is 4.98 Å². The maximum absolute atomic E-state index is 5.33. The van der Waals surface area contributed by atoms with E-state index in [4.69, 9.17) is 4.74 Å². The number of benzene rings is 1. The average Bonchev–Trinajstić information content (AvgIpc) is 2.48. The van der Waals surface area contributed by atoms with Gasteiger partial charge in [0.25, 0.3) is 0 Å². The summed E-state index contributed by atoms with van der Waals surface area (Å²) in [7, 11) is 5.76. The minimum Gasteiger partial charge on any atom is -0.382 e. The van der Waals surface area contributed by atoms with Gasteiger partial charge in [-0.15, -0.1) is 0 Å². The third kappa shape index (κ3) is 3.48. The average molecular weight is 271 g/mol. The topological polar surface area (TPSA) is 37.4 Å². The van der Waals surface area contributed by atoms with Crippen LogP contribution in [0, 0.1) is 0 Å². The van der Waals surface area contributed by atoms with E-state index in [0.717, 1.165) is 11.4 Å². The lowest BCUT2D eigenvalue weighted by Gasteiger charge is -2.23. The number of ether oxygens (including phenoxy) is 1. The molecule has 20 heavy (non-hydrogen) atoms. The molecule has 4 heteroatoms. The minimum atomic E-state index is 0.101. The molecule has 0 fully saturated rings. The van der Waals surface area contributed by atoms with Crippen molar-refractivity contribution in [3.63, 3.8) is 0 Å². The van der Waals surface area contributed by atoms with Crippen LogP contribution in [0.4, 0.5) is 11.4 Å². The molecule has 1 aromatic heterocycles. The molecular weight excluding hydrogens is 250 g/mol. The summed E-state index contributed by atoms with van der Waals surface area (Å²) in [5, 5.41) is 3.52. The number of hydrogen-bond donors (Lipinski definition) is 1. The highest BCUT2D eigenvalue weighted by molar-refractivity contribution is 5.68. The summed E-state index contributed by atoms with van der Waals surface area (Å²) >= 11 is 0. The Morgan fingerprint density at radius 2 is 1.95 bits per heavy atom. The van der Waals surface area contributed by atoms with Crippen LogP contribution >= 0.6 is 0 Å². The highest BCUT2D eigenvalue weighted by Crippen LogP contribution is 2.27. The van der Waals surface area contributed by atoms with Crippen molar-refractivity contribution in [3.05, 3.63) is 54.4 Å². The maximum atomic E-state index is 5.33. The molecule has 0 saturated carbocycles. The van der Waals surface area contributed by atoms with Gasteiger partial charge in [0, 0.05) is 27.4 Å². The van der Waals surface area contributed by atoms with E-state index in [9.17, 15) is 0 Å². The van der Waals surface area contributed by atoms with Gasteiger partial charge in [0.05, 0.1) is 30.2 Å². The Balaban J connectivity index is 2.25. The predicted molar refractivity (Wildman–Crippen MR) is 83.2 cm³/mol. The quantitative estimate of drug-likeness (QED) is 0.876. The van der Waals surface area contributed by atoms with Crippen LogP contribution in [0.25, 0.3) is 0 Å². The third-order valence-corrected chi connectivity index (χ3v) is 3.14. The first-order valence-corrected chi connectivity index (χ1v) is 6.64. The van der Waals surface area contributed by atoms with Crippen LogP contribution < -0.4 is 10.2 Å². The van der Waals surface area contributed by atoms with Crippen molar-refractivity contribution in [1.29, 1.82) is 0 Å². The van der Waals surface area contributed by atoms with E-state index in [0.29, 0.717) is 6.61 Å². The fourth-order valence-electron chi connectivity index (χ4n) is 2.15. The Labute approximate surface area is 120 Å².